The monoisotopic (exact) mass is 898 g/mol. The number of hydrogen-bond donors (Lipinski definition) is 7. The van der Waals surface area contributed by atoms with Gasteiger partial charge in [0.2, 0.25) is 5.79 Å². The second-order valence-corrected chi connectivity index (χ2v) is 17.1. The summed E-state index contributed by atoms with van der Waals surface area (Å²) in [5.74, 6) is -0.831. The van der Waals surface area contributed by atoms with Crippen LogP contribution < -0.4 is 9.47 Å². The Kier molecular flexibility index (Phi) is 14.4. The Balaban J connectivity index is 1.02. The fourth-order valence-corrected chi connectivity index (χ4v) is 8.76. The predicted octanol–water partition coefficient (Wildman–Crippen LogP) is 3.38. The first-order valence-corrected chi connectivity index (χ1v) is 21.6. The van der Waals surface area contributed by atoms with E-state index in [4.69, 9.17) is 56.4 Å². The van der Waals surface area contributed by atoms with Crippen LogP contribution >= 0.6 is 23.2 Å². The normalized spacial score (nSPS) is 32.5. The highest BCUT2D eigenvalue weighted by Gasteiger charge is 2.57. The average molecular weight is 900 g/mol. The summed E-state index contributed by atoms with van der Waals surface area (Å²) in [6.45, 7) is 1.11. The lowest BCUT2D eigenvalue weighted by Gasteiger charge is -2.49. The molecule has 0 radical (unpaired) electrons. The summed E-state index contributed by atoms with van der Waals surface area (Å²) < 4.78 is 41.6. The van der Waals surface area contributed by atoms with Crippen molar-refractivity contribution >= 4 is 23.2 Å². The Morgan fingerprint density at radius 2 is 1.16 bits per heavy atom. The van der Waals surface area contributed by atoms with Crippen LogP contribution in [0.5, 0.6) is 11.5 Å². The molecule has 334 valence electrons. The van der Waals surface area contributed by atoms with Gasteiger partial charge in [0.25, 0.3) is 0 Å². The van der Waals surface area contributed by atoms with E-state index < -0.39 is 73.9 Å². The maximum atomic E-state index is 11.7. The van der Waals surface area contributed by atoms with E-state index in [9.17, 15) is 35.7 Å². The number of hydrogen-bond acceptors (Lipinski definition) is 14. The fraction of sp³-hybridized carbons (Fsp3) is 0.478. The minimum absolute atomic E-state index is 0.00978. The molecule has 0 aromatic heterocycles. The Bertz CT molecular complexity index is 2090. The van der Waals surface area contributed by atoms with Gasteiger partial charge in [-0.3, -0.25) is 0 Å². The van der Waals surface area contributed by atoms with Crippen LogP contribution in [-0.2, 0) is 42.3 Å². The first kappa shape index (κ1) is 45.2. The summed E-state index contributed by atoms with van der Waals surface area (Å²) in [4.78, 5) is 0. The van der Waals surface area contributed by atoms with Gasteiger partial charge in [0.05, 0.1) is 39.6 Å². The van der Waals surface area contributed by atoms with Crippen LogP contribution in [0.4, 0.5) is 0 Å². The number of aliphatic hydroxyl groups excluding tert-OH is 7. The highest BCUT2D eigenvalue weighted by Crippen LogP contribution is 2.43. The molecule has 4 aliphatic heterocycles. The first-order chi connectivity index (χ1) is 29.9. The third kappa shape index (κ3) is 9.80. The smallest absolute Gasteiger partial charge is 0.225 e. The third-order valence-corrected chi connectivity index (χ3v) is 12.7. The second kappa shape index (κ2) is 19.8. The number of benzene rings is 4. The van der Waals surface area contributed by atoms with Crippen LogP contribution in [-0.4, -0.2) is 136 Å². The van der Waals surface area contributed by atoms with Gasteiger partial charge in [-0.2, -0.15) is 0 Å². The van der Waals surface area contributed by atoms with Gasteiger partial charge in [-0.1, -0.05) is 65.7 Å². The van der Waals surface area contributed by atoms with E-state index in [1.165, 1.54) is 6.07 Å². The molecule has 4 heterocycles. The van der Waals surface area contributed by atoms with Crippen molar-refractivity contribution in [1.82, 2.24) is 0 Å². The quantitative estimate of drug-likeness (QED) is 0.0970. The van der Waals surface area contributed by atoms with Crippen LogP contribution in [0.3, 0.4) is 0 Å². The molecule has 16 heteroatoms. The highest BCUT2D eigenvalue weighted by molar-refractivity contribution is 6.31. The van der Waals surface area contributed by atoms with E-state index in [2.05, 4.69) is 0 Å². The average Bonchev–Trinajstić information content (AvgIpc) is 4.01. The molecule has 12 atom stereocenters. The molecular formula is C46H52Cl2O14. The minimum atomic E-state index is -2.26. The molecule has 8 rings (SSSR count). The molecule has 0 bridgehead atoms. The van der Waals surface area contributed by atoms with E-state index in [-0.39, 0.29) is 17.8 Å². The lowest BCUT2D eigenvalue weighted by atomic mass is 9.86. The maximum absolute atomic E-state index is 11.7. The van der Waals surface area contributed by atoms with Crippen LogP contribution in [0, 0.1) is 0 Å². The molecule has 0 amide bonds. The molecule has 62 heavy (non-hydrogen) atoms. The van der Waals surface area contributed by atoms with Crippen molar-refractivity contribution in [3.8, 4) is 11.5 Å². The summed E-state index contributed by atoms with van der Waals surface area (Å²) >= 11 is 13.4. The summed E-state index contributed by atoms with van der Waals surface area (Å²) in [5.41, 5.74) is 3.77. The largest absolute Gasteiger partial charge is 0.488 e. The molecule has 7 N–H and O–H groups in total. The van der Waals surface area contributed by atoms with Crippen LogP contribution in [0.1, 0.15) is 52.3 Å². The molecule has 4 aliphatic rings. The summed E-state index contributed by atoms with van der Waals surface area (Å²) in [6, 6.07) is 25.0. The topological polar surface area (TPSA) is 206 Å². The van der Waals surface area contributed by atoms with Crippen molar-refractivity contribution in [2.24, 2.45) is 0 Å². The van der Waals surface area contributed by atoms with Gasteiger partial charge >= 0.3 is 0 Å². The number of rotatable bonds is 14. The number of halogens is 2. The lowest BCUT2D eigenvalue weighted by Crippen LogP contribution is -2.65. The molecule has 4 saturated heterocycles. The molecule has 14 nitrogen and oxygen atoms in total. The first-order valence-electron chi connectivity index (χ1n) is 20.8. The van der Waals surface area contributed by atoms with Gasteiger partial charge in [-0.05, 0) is 83.1 Å². The molecular weight excluding hydrogens is 847 g/mol. The zero-order valence-electron chi connectivity index (χ0n) is 33.7. The zero-order chi connectivity index (χ0) is 43.5. The Labute approximate surface area is 369 Å². The fourth-order valence-electron chi connectivity index (χ4n) is 8.39. The molecule has 0 spiro atoms. The van der Waals surface area contributed by atoms with E-state index >= 15 is 0 Å². The van der Waals surface area contributed by atoms with E-state index in [1.807, 2.05) is 48.5 Å². The standard InChI is InChI=1S/C46H52Cl2O14/c47-35-11-5-27(19-28(35)17-25-1-7-31(8-2-25)59-33-13-15-56-22-33)44-42(53)41(52)40(51)38(61-44)24-58-46(45(55)43(54)39(50)37(21-49)62-46)30-6-12-36(48)29(20-30)18-26-3-9-32(10-4-26)60-34-14-16-57-23-34/h1-12,19-20,33-34,37-45,49-55H,13-18,21-24H2/t33-,34-,37-,38-,39-,40-,41+,42-,43+,44+,45-,46+/m1/s1. The second-order valence-electron chi connectivity index (χ2n) is 16.3. The third-order valence-electron chi connectivity index (χ3n) is 12.0. The van der Waals surface area contributed by atoms with Crippen molar-refractivity contribution in [3.05, 3.63) is 128 Å². The van der Waals surface area contributed by atoms with Gasteiger partial charge in [0.1, 0.15) is 78.6 Å². The van der Waals surface area contributed by atoms with Gasteiger partial charge in [-0.25, -0.2) is 0 Å². The molecule has 0 saturated carbocycles. The van der Waals surface area contributed by atoms with Gasteiger partial charge in [-0.15, -0.1) is 0 Å². The number of ether oxygens (including phenoxy) is 7. The van der Waals surface area contributed by atoms with Gasteiger partial charge in [0, 0.05) is 28.5 Å². The van der Waals surface area contributed by atoms with Crippen LogP contribution in [0.25, 0.3) is 0 Å². The lowest BCUT2D eigenvalue weighted by molar-refractivity contribution is -0.381. The summed E-state index contributed by atoms with van der Waals surface area (Å²) in [7, 11) is 0. The van der Waals surface area contributed by atoms with Crippen LogP contribution in [0.2, 0.25) is 10.0 Å². The van der Waals surface area contributed by atoms with Crippen molar-refractivity contribution in [1.29, 1.82) is 0 Å². The van der Waals surface area contributed by atoms with Crippen molar-refractivity contribution in [3.63, 3.8) is 0 Å². The molecule has 0 aliphatic carbocycles. The van der Waals surface area contributed by atoms with E-state index in [0.29, 0.717) is 71.8 Å². The van der Waals surface area contributed by atoms with Gasteiger partial charge in [0.15, 0.2) is 0 Å². The Morgan fingerprint density at radius 1 is 0.613 bits per heavy atom. The van der Waals surface area contributed by atoms with Crippen molar-refractivity contribution < 1.29 is 68.9 Å². The SMILES string of the molecule is OC[C@H]1O[C@@](OC[C@H]2O[C@@H](c3ccc(Cl)c(Cc4ccc(O[C@@H]5CCOC5)cc4)c3)[C@H](O)[C@@H](O)[C@@H]2O)(c2ccc(Cl)c(Cc3ccc(O[C@@H]4CCOC4)cc3)c2)[C@H](O)[C@@H](O)[C@@H]1O. The highest BCUT2D eigenvalue weighted by atomic mass is 35.5. The van der Waals surface area contributed by atoms with E-state index in [0.717, 1.165) is 29.7 Å². The number of aliphatic hydroxyl groups is 7. The summed E-state index contributed by atoms with van der Waals surface area (Å²) in [6.07, 6.45) is -11.9. The molecule has 4 fully saturated rings. The van der Waals surface area contributed by atoms with Crippen LogP contribution in [0.15, 0.2) is 84.9 Å². The van der Waals surface area contributed by atoms with E-state index in [1.54, 1.807) is 30.3 Å². The van der Waals surface area contributed by atoms with Crippen molar-refractivity contribution in [2.75, 3.05) is 39.6 Å². The Hall–Kier alpha value is -3.42. The van der Waals surface area contributed by atoms with Gasteiger partial charge < -0.3 is 68.9 Å². The maximum Gasteiger partial charge on any atom is 0.225 e. The minimum Gasteiger partial charge on any atom is -0.488 e. The molecule has 4 aromatic rings. The zero-order valence-corrected chi connectivity index (χ0v) is 35.3. The molecule has 0 unspecified atom stereocenters. The van der Waals surface area contributed by atoms with Crippen molar-refractivity contribution in [2.45, 2.75) is 98.6 Å². The summed E-state index contributed by atoms with van der Waals surface area (Å²) in [5, 5.41) is 78.3. The predicted molar refractivity (Wildman–Crippen MR) is 224 cm³/mol. The Morgan fingerprint density at radius 3 is 1.71 bits per heavy atom. The molecule has 4 aromatic carbocycles.